The summed E-state index contributed by atoms with van der Waals surface area (Å²) in [6.07, 6.45) is 1.58. The minimum atomic E-state index is -0.256. The SMILES string of the molecule is O=c1cc(C=Nc2ccc(-c3csc(-c4ccccc4)n3)cc2)[nH]c(=S)[nH]1. The van der Waals surface area contributed by atoms with E-state index in [1.165, 1.54) is 6.07 Å². The number of hydrogen-bond donors (Lipinski definition) is 2. The van der Waals surface area contributed by atoms with Gasteiger partial charge in [-0.2, -0.15) is 0 Å². The maximum absolute atomic E-state index is 11.4. The Morgan fingerprint density at radius 2 is 1.78 bits per heavy atom. The zero-order valence-corrected chi connectivity index (χ0v) is 15.7. The van der Waals surface area contributed by atoms with Gasteiger partial charge in [-0.25, -0.2) is 4.98 Å². The van der Waals surface area contributed by atoms with Gasteiger partial charge >= 0.3 is 0 Å². The van der Waals surface area contributed by atoms with Crippen LogP contribution in [0.1, 0.15) is 5.69 Å². The summed E-state index contributed by atoms with van der Waals surface area (Å²) in [4.78, 5) is 25.9. The smallest absolute Gasteiger partial charge is 0.252 e. The van der Waals surface area contributed by atoms with Crippen molar-refractivity contribution in [2.45, 2.75) is 0 Å². The molecular formula is C20H14N4OS2. The van der Waals surface area contributed by atoms with Gasteiger partial charge in [0.25, 0.3) is 5.56 Å². The molecule has 0 amide bonds. The lowest BCUT2D eigenvalue weighted by Crippen LogP contribution is -2.07. The first kappa shape index (κ1) is 17.3. The molecule has 7 heteroatoms. The standard InChI is InChI=1S/C20H14N4OS2/c25-18-10-16(22-20(26)24-18)11-21-15-8-6-13(7-9-15)17-12-27-19(23-17)14-4-2-1-3-5-14/h1-12H,(H2,22,24,25,26). The first-order valence-corrected chi connectivity index (χ1v) is 9.45. The van der Waals surface area contributed by atoms with Crippen LogP contribution in [0, 0.1) is 4.77 Å². The van der Waals surface area contributed by atoms with Crippen molar-refractivity contribution < 1.29 is 0 Å². The molecule has 132 valence electrons. The normalized spacial score (nSPS) is 11.1. The van der Waals surface area contributed by atoms with Crippen molar-refractivity contribution in [2.24, 2.45) is 4.99 Å². The zero-order valence-electron chi connectivity index (χ0n) is 14.0. The molecular weight excluding hydrogens is 376 g/mol. The fourth-order valence-corrected chi connectivity index (χ4v) is 3.59. The van der Waals surface area contributed by atoms with Gasteiger partial charge in [0.05, 0.1) is 23.3 Å². The third kappa shape index (κ3) is 4.16. The topological polar surface area (TPSA) is 73.9 Å². The Kier molecular flexibility index (Phi) is 4.86. The van der Waals surface area contributed by atoms with E-state index >= 15 is 0 Å². The second-order valence-electron chi connectivity index (χ2n) is 5.75. The summed E-state index contributed by atoms with van der Waals surface area (Å²) in [5.74, 6) is 0. The van der Waals surface area contributed by atoms with Crippen molar-refractivity contribution in [3.8, 4) is 21.8 Å². The van der Waals surface area contributed by atoms with Gasteiger partial charge < -0.3 is 4.98 Å². The Bertz CT molecular complexity index is 1180. The second-order valence-corrected chi connectivity index (χ2v) is 7.02. The van der Waals surface area contributed by atoms with Crippen LogP contribution >= 0.6 is 23.6 Å². The molecule has 2 aromatic heterocycles. The van der Waals surface area contributed by atoms with E-state index in [1.54, 1.807) is 17.6 Å². The van der Waals surface area contributed by atoms with Crippen molar-refractivity contribution in [3.05, 3.63) is 86.9 Å². The summed E-state index contributed by atoms with van der Waals surface area (Å²) >= 11 is 6.57. The molecule has 0 saturated heterocycles. The van der Waals surface area contributed by atoms with E-state index in [-0.39, 0.29) is 10.3 Å². The highest BCUT2D eigenvalue weighted by Crippen LogP contribution is 2.29. The minimum absolute atomic E-state index is 0.256. The number of hydrogen-bond acceptors (Lipinski definition) is 5. The lowest BCUT2D eigenvalue weighted by atomic mass is 10.1. The minimum Gasteiger partial charge on any atom is -0.331 e. The van der Waals surface area contributed by atoms with Gasteiger partial charge in [0.1, 0.15) is 5.01 Å². The van der Waals surface area contributed by atoms with E-state index in [9.17, 15) is 4.79 Å². The predicted octanol–water partition coefficient (Wildman–Crippen LogP) is 4.97. The van der Waals surface area contributed by atoms with Crippen molar-refractivity contribution in [1.82, 2.24) is 15.0 Å². The average Bonchev–Trinajstić information content (AvgIpc) is 3.17. The average molecular weight is 390 g/mol. The van der Waals surface area contributed by atoms with E-state index in [0.717, 1.165) is 27.5 Å². The molecule has 2 heterocycles. The van der Waals surface area contributed by atoms with Crippen LogP contribution in [0.2, 0.25) is 0 Å². The highest BCUT2D eigenvalue weighted by molar-refractivity contribution is 7.71. The van der Waals surface area contributed by atoms with Crippen molar-refractivity contribution in [1.29, 1.82) is 0 Å². The van der Waals surface area contributed by atoms with E-state index < -0.39 is 0 Å². The predicted molar refractivity (Wildman–Crippen MR) is 112 cm³/mol. The maximum atomic E-state index is 11.4. The van der Waals surface area contributed by atoms with Crippen molar-refractivity contribution >= 4 is 35.5 Å². The maximum Gasteiger partial charge on any atom is 0.252 e. The molecule has 0 fully saturated rings. The van der Waals surface area contributed by atoms with Gasteiger partial charge in [-0.1, -0.05) is 42.5 Å². The Labute approximate surface area is 164 Å². The highest BCUT2D eigenvalue weighted by Gasteiger charge is 2.06. The number of aliphatic imine (C=N–C) groups is 1. The van der Waals surface area contributed by atoms with E-state index in [2.05, 4.69) is 32.5 Å². The first-order chi connectivity index (χ1) is 13.2. The van der Waals surface area contributed by atoms with E-state index in [1.807, 2.05) is 42.5 Å². The van der Waals surface area contributed by atoms with Crippen LogP contribution in [-0.2, 0) is 0 Å². The summed E-state index contributed by atoms with van der Waals surface area (Å²) < 4.78 is 0.275. The zero-order chi connectivity index (χ0) is 18.6. The molecule has 0 aliphatic carbocycles. The molecule has 0 aliphatic heterocycles. The molecule has 0 radical (unpaired) electrons. The van der Waals surface area contributed by atoms with Gasteiger partial charge in [0.15, 0.2) is 4.77 Å². The van der Waals surface area contributed by atoms with Gasteiger partial charge in [-0.3, -0.25) is 14.8 Å². The van der Waals surface area contributed by atoms with Crippen LogP contribution in [0.15, 0.2) is 75.8 Å². The van der Waals surface area contributed by atoms with Crippen LogP contribution in [-0.4, -0.2) is 21.2 Å². The van der Waals surface area contributed by atoms with E-state index in [4.69, 9.17) is 17.2 Å². The molecule has 0 unspecified atom stereocenters. The fourth-order valence-electron chi connectivity index (χ4n) is 2.54. The number of nitrogens with one attached hydrogen (secondary N) is 2. The third-order valence-corrected chi connectivity index (χ3v) is 4.92. The van der Waals surface area contributed by atoms with Crippen molar-refractivity contribution in [2.75, 3.05) is 0 Å². The van der Waals surface area contributed by atoms with Gasteiger partial charge in [-0.05, 0) is 24.4 Å². The Morgan fingerprint density at radius 3 is 2.52 bits per heavy atom. The monoisotopic (exact) mass is 390 g/mol. The molecule has 0 saturated carbocycles. The Hall–Kier alpha value is -3.16. The second kappa shape index (κ2) is 7.61. The summed E-state index contributed by atoms with van der Waals surface area (Å²) in [6.45, 7) is 0. The van der Waals surface area contributed by atoms with Crippen LogP contribution < -0.4 is 5.56 Å². The summed E-state index contributed by atoms with van der Waals surface area (Å²) in [6, 6.07) is 19.3. The van der Waals surface area contributed by atoms with Gasteiger partial charge in [-0.15, -0.1) is 11.3 Å². The molecule has 2 aromatic carbocycles. The number of H-pyrrole nitrogens is 2. The molecule has 0 aliphatic rings. The van der Waals surface area contributed by atoms with Crippen LogP contribution in [0.4, 0.5) is 5.69 Å². The molecule has 4 aromatic rings. The highest BCUT2D eigenvalue weighted by atomic mass is 32.1. The molecule has 5 nitrogen and oxygen atoms in total. The van der Waals surface area contributed by atoms with Crippen LogP contribution in [0.5, 0.6) is 0 Å². The fraction of sp³-hybridized carbons (Fsp3) is 0. The lowest BCUT2D eigenvalue weighted by molar-refractivity contribution is 1.08. The van der Waals surface area contributed by atoms with Crippen LogP contribution in [0.3, 0.4) is 0 Å². The number of rotatable bonds is 4. The summed E-state index contributed by atoms with van der Waals surface area (Å²) in [5.41, 5.74) is 4.16. The molecule has 0 atom stereocenters. The Balaban J connectivity index is 1.54. The van der Waals surface area contributed by atoms with Crippen molar-refractivity contribution in [3.63, 3.8) is 0 Å². The number of benzene rings is 2. The van der Waals surface area contributed by atoms with Gasteiger partial charge in [0, 0.05) is 22.6 Å². The largest absolute Gasteiger partial charge is 0.331 e. The number of aromatic amines is 2. The lowest BCUT2D eigenvalue weighted by Gasteiger charge is -1.99. The molecule has 0 bridgehead atoms. The van der Waals surface area contributed by atoms with E-state index in [0.29, 0.717) is 5.69 Å². The van der Waals surface area contributed by atoms with Crippen LogP contribution in [0.25, 0.3) is 21.8 Å². The number of nitrogens with zero attached hydrogens (tertiary/aromatic N) is 2. The van der Waals surface area contributed by atoms with Gasteiger partial charge in [0.2, 0.25) is 0 Å². The third-order valence-electron chi connectivity index (χ3n) is 3.82. The molecule has 0 spiro atoms. The molecule has 4 rings (SSSR count). The summed E-state index contributed by atoms with van der Waals surface area (Å²) in [5, 5.41) is 3.05. The Morgan fingerprint density at radius 1 is 1.00 bits per heavy atom. The first-order valence-electron chi connectivity index (χ1n) is 8.16. The quantitative estimate of drug-likeness (QED) is 0.381. The molecule has 2 N–H and O–H groups in total. The number of aromatic nitrogens is 3. The summed E-state index contributed by atoms with van der Waals surface area (Å²) in [7, 11) is 0. The molecule has 27 heavy (non-hydrogen) atoms. The number of thiazole rings is 1.